The van der Waals surface area contributed by atoms with E-state index >= 15 is 0 Å². The Balaban J connectivity index is 2.39. The van der Waals surface area contributed by atoms with Crippen LogP contribution in [0.5, 0.6) is 0 Å². The molecule has 1 aliphatic heterocycles. The van der Waals surface area contributed by atoms with Crippen molar-refractivity contribution in [2.75, 3.05) is 5.75 Å². The molecule has 0 aliphatic carbocycles. The number of hydrogen-bond acceptors (Lipinski definition) is 2. The topological polar surface area (TPSA) is 32.9 Å². The number of rotatable bonds is 0. The number of H-pyrrole nitrogens is 1. The third-order valence-electron chi connectivity index (χ3n) is 2.53. The van der Waals surface area contributed by atoms with Crippen molar-refractivity contribution < 1.29 is 4.79 Å². The predicted molar refractivity (Wildman–Crippen MR) is 58.0 cm³/mol. The maximum Gasteiger partial charge on any atom is 0.167 e. The molecule has 3 rings (SSSR count). The molecule has 1 aromatic heterocycles. The van der Waals surface area contributed by atoms with E-state index in [0.29, 0.717) is 6.42 Å². The zero-order valence-electron chi connectivity index (χ0n) is 7.54. The summed E-state index contributed by atoms with van der Waals surface area (Å²) >= 11 is 1.74. The second-order valence-corrected chi connectivity index (χ2v) is 4.50. The fourth-order valence-electron chi connectivity index (χ4n) is 1.87. The Labute approximate surface area is 85.7 Å². The van der Waals surface area contributed by atoms with Crippen LogP contribution in [0.1, 0.15) is 16.8 Å². The van der Waals surface area contributed by atoms with Gasteiger partial charge < -0.3 is 4.98 Å². The summed E-state index contributed by atoms with van der Waals surface area (Å²) in [5.74, 6) is 1.18. The molecule has 14 heavy (non-hydrogen) atoms. The van der Waals surface area contributed by atoms with Crippen molar-refractivity contribution in [1.29, 1.82) is 0 Å². The molecule has 0 spiro atoms. The van der Waals surface area contributed by atoms with Crippen molar-refractivity contribution in [2.45, 2.75) is 11.4 Å². The molecule has 0 fully saturated rings. The summed E-state index contributed by atoms with van der Waals surface area (Å²) in [5.41, 5.74) is 1.97. The molecule has 0 bridgehead atoms. The third-order valence-corrected chi connectivity index (χ3v) is 3.53. The summed E-state index contributed by atoms with van der Waals surface area (Å²) in [7, 11) is 0. The normalized spacial score (nSPS) is 15.9. The molecular weight excluding hydrogens is 194 g/mol. The molecule has 2 heterocycles. The van der Waals surface area contributed by atoms with E-state index in [9.17, 15) is 4.79 Å². The van der Waals surface area contributed by atoms with E-state index in [1.807, 2.05) is 24.3 Å². The van der Waals surface area contributed by atoms with Crippen LogP contribution in [-0.4, -0.2) is 16.5 Å². The summed E-state index contributed by atoms with van der Waals surface area (Å²) in [6.07, 6.45) is 0.666. The van der Waals surface area contributed by atoms with Crippen LogP contribution in [0.15, 0.2) is 29.3 Å². The Bertz CT molecular complexity index is 515. The van der Waals surface area contributed by atoms with Gasteiger partial charge in [-0.15, -0.1) is 11.8 Å². The van der Waals surface area contributed by atoms with Gasteiger partial charge in [-0.1, -0.05) is 18.2 Å². The quantitative estimate of drug-likeness (QED) is 0.714. The summed E-state index contributed by atoms with van der Waals surface area (Å²) in [6.45, 7) is 0. The first-order valence-electron chi connectivity index (χ1n) is 4.63. The summed E-state index contributed by atoms with van der Waals surface area (Å²) < 4.78 is 0. The van der Waals surface area contributed by atoms with Crippen molar-refractivity contribution in [2.24, 2.45) is 0 Å². The molecule has 0 saturated carbocycles. The molecular formula is C11H9NOS. The molecule has 2 nitrogen and oxygen atoms in total. The van der Waals surface area contributed by atoms with Crippen LogP contribution in [-0.2, 0) is 0 Å². The van der Waals surface area contributed by atoms with Gasteiger partial charge in [-0.05, 0) is 6.07 Å². The maximum atomic E-state index is 11.7. The number of Topliss-reactive ketones (excluding diaryl/α,β-unsaturated/α-hetero) is 1. The third kappa shape index (κ3) is 1.02. The lowest BCUT2D eigenvalue weighted by atomic mass is 10.1. The molecule has 0 amide bonds. The van der Waals surface area contributed by atoms with E-state index in [4.69, 9.17) is 0 Å². The van der Waals surface area contributed by atoms with E-state index in [0.717, 1.165) is 27.2 Å². The number of aromatic amines is 1. The molecule has 0 atom stereocenters. The van der Waals surface area contributed by atoms with Crippen LogP contribution < -0.4 is 0 Å². The first kappa shape index (κ1) is 8.12. The molecule has 1 aromatic carbocycles. The van der Waals surface area contributed by atoms with E-state index in [2.05, 4.69) is 4.98 Å². The average molecular weight is 203 g/mol. The number of hydrogen-bond donors (Lipinski definition) is 1. The highest BCUT2D eigenvalue weighted by Gasteiger charge is 2.22. The van der Waals surface area contributed by atoms with Gasteiger partial charge in [0, 0.05) is 23.1 Å². The average Bonchev–Trinajstić information content (AvgIpc) is 2.57. The fraction of sp³-hybridized carbons (Fsp3) is 0.182. The smallest absolute Gasteiger partial charge is 0.167 e. The van der Waals surface area contributed by atoms with Gasteiger partial charge in [-0.3, -0.25) is 4.79 Å². The van der Waals surface area contributed by atoms with Gasteiger partial charge in [0.25, 0.3) is 0 Å². The zero-order chi connectivity index (χ0) is 9.54. The largest absolute Gasteiger partial charge is 0.349 e. The molecule has 0 radical (unpaired) electrons. The van der Waals surface area contributed by atoms with E-state index < -0.39 is 0 Å². The highest BCUT2D eigenvalue weighted by Crippen LogP contribution is 2.34. The van der Waals surface area contributed by atoms with Crippen LogP contribution in [0.25, 0.3) is 10.9 Å². The maximum absolute atomic E-state index is 11.7. The van der Waals surface area contributed by atoms with Crippen LogP contribution in [0.4, 0.5) is 0 Å². The Hall–Kier alpha value is -1.22. The fourth-order valence-corrected chi connectivity index (χ4v) is 2.91. The lowest BCUT2D eigenvalue weighted by Crippen LogP contribution is -2.06. The predicted octanol–water partition coefficient (Wildman–Crippen LogP) is 2.85. The number of benzene rings is 1. The number of ketones is 1. The number of carbonyl (C=O) groups is 1. The van der Waals surface area contributed by atoms with Gasteiger partial charge in [0.05, 0.1) is 10.6 Å². The molecule has 70 valence electrons. The van der Waals surface area contributed by atoms with Crippen LogP contribution in [0.2, 0.25) is 0 Å². The molecule has 0 saturated heterocycles. The Morgan fingerprint density at radius 2 is 2.14 bits per heavy atom. The van der Waals surface area contributed by atoms with Gasteiger partial charge in [0.1, 0.15) is 0 Å². The van der Waals surface area contributed by atoms with Crippen molar-refractivity contribution in [3.05, 3.63) is 29.8 Å². The summed E-state index contributed by atoms with van der Waals surface area (Å²) in [5, 5.41) is 2.11. The zero-order valence-corrected chi connectivity index (χ0v) is 8.36. The van der Waals surface area contributed by atoms with Gasteiger partial charge in [-0.25, -0.2) is 0 Å². The van der Waals surface area contributed by atoms with Crippen molar-refractivity contribution in [3.63, 3.8) is 0 Å². The van der Waals surface area contributed by atoms with Gasteiger partial charge >= 0.3 is 0 Å². The lowest BCUT2D eigenvalue weighted by molar-refractivity contribution is 0.0986. The second kappa shape index (κ2) is 2.89. The van der Waals surface area contributed by atoms with Gasteiger partial charge in [0.2, 0.25) is 0 Å². The number of para-hydroxylation sites is 1. The van der Waals surface area contributed by atoms with Crippen molar-refractivity contribution in [1.82, 2.24) is 4.98 Å². The summed E-state index contributed by atoms with van der Waals surface area (Å²) in [6, 6.07) is 7.98. The lowest BCUT2D eigenvalue weighted by Gasteiger charge is -2.08. The molecule has 1 N–H and O–H groups in total. The first-order valence-corrected chi connectivity index (χ1v) is 5.61. The number of carbonyl (C=O) groups excluding carboxylic acids is 1. The van der Waals surface area contributed by atoms with Crippen molar-refractivity contribution >= 4 is 28.4 Å². The minimum absolute atomic E-state index is 0.274. The minimum Gasteiger partial charge on any atom is -0.349 e. The molecule has 3 heteroatoms. The van der Waals surface area contributed by atoms with Gasteiger partial charge in [0.15, 0.2) is 5.78 Å². The molecule has 0 unspecified atom stereocenters. The van der Waals surface area contributed by atoms with E-state index in [1.54, 1.807) is 11.8 Å². The van der Waals surface area contributed by atoms with Gasteiger partial charge in [-0.2, -0.15) is 0 Å². The van der Waals surface area contributed by atoms with E-state index in [-0.39, 0.29) is 5.78 Å². The van der Waals surface area contributed by atoms with Crippen LogP contribution in [0, 0.1) is 0 Å². The number of fused-ring (bicyclic) bond motifs is 3. The monoisotopic (exact) mass is 203 g/mol. The highest BCUT2D eigenvalue weighted by atomic mass is 32.2. The SMILES string of the molecule is O=C1CCSc2[nH]c3ccccc3c21. The Morgan fingerprint density at radius 1 is 1.29 bits per heavy atom. The molecule has 1 aliphatic rings. The second-order valence-electron chi connectivity index (χ2n) is 3.40. The van der Waals surface area contributed by atoms with Crippen molar-refractivity contribution in [3.8, 4) is 0 Å². The number of aromatic nitrogens is 1. The van der Waals surface area contributed by atoms with Crippen LogP contribution >= 0.6 is 11.8 Å². The van der Waals surface area contributed by atoms with E-state index in [1.165, 1.54) is 0 Å². The van der Waals surface area contributed by atoms with Crippen LogP contribution in [0.3, 0.4) is 0 Å². The molecule has 2 aromatic rings. The summed E-state index contributed by atoms with van der Waals surface area (Å²) in [4.78, 5) is 15.0. The Kier molecular flexibility index (Phi) is 1.67. The number of nitrogens with one attached hydrogen (secondary N) is 1. The standard InChI is InChI=1S/C11H9NOS/c13-9-5-6-14-11-10(9)7-3-1-2-4-8(7)12-11/h1-4,12H,5-6H2. The Morgan fingerprint density at radius 3 is 3.07 bits per heavy atom. The highest BCUT2D eigenvalue weighted by molar-refractivity contribution is 7.99. The number of thioether (sulfide) groups is 1. The minimum atomic E-state index is 0.274. The first-order chi connectivity index (χ1) is 6.86.